The number of rotatable bonds is 7. The van der Waals surface area contributed by atoms with E-state index in [2.05, 4.69) is 25.2 Å². The molecule has 8 heteroatoms. The van der Waals surface area contributed by atoms with Crippen LogP contribution in [0.15, 0.2) is 23.3 Å². The normalized spacial score (nSPS) is 40.1. The van der Waals surface area contributed by atoms with Crippen molar-refractivity contribution in [3.63, 3.8) is 0 Å². The maximum atomic E-state index is 13.3. The van der Waals surface area contributed by atoms with Gasteiger partial charge in [-0.15, -0.1) is 0 Å². The number of phosphoric acid groups is 1. The number of fused-ring (bicyclic) bond motifs is 5. The zero-order valence-electron chi connectivity index (χ0n) is 21.2. The van der Waals surface area contributed by atoms with Crippen molar-refractivity contribution < 1.29 is 27.7 Å². The molecular formula is C26H40NO6P. The molecule has 0 saturated heterocycles. The van der Waals surface area contributed by atoms with Gasteiger partial charge in [0.1, 0.15) is 0 Å². The van der Waals surface area contributed by atoms with Crippen LogP contribution in [0.2, 0.25) is 0 Å². The molecule has 7 unspecified atom stereocenters. The molecule has 7 atom stereocenters. The van der Waals surface area contributed by atoms with Gasteiger partial charge in [-0.05, 0) is 85.7 Å². The van der Waals surface area contributed by atoms with Crippen LogP contribution in [0.5, 0.6) is 0 Å². The number of phosphoric ester groups is 1. The van der Waals surface area contributed by atoms with Gasteiger partial charge >= 0.3 is 7.82 Å². The number of ketones is 1. The molecule has 1 amide bonds. The first kappa shape index (κ1) is 25.8. The fraction of sp³-hybridized carbons (Fsp3) is 0.769. The molecule has 0 radical (unpaired) electrons. The largest absolute Gasteiger partial charge is 0.475 e. The Hall–Kier alpha value is -1.27. The molecule has 4 aliphatic carbocycles. The van der Waals surface area contributed by atoms with Gasteiger partial charge in [0.05, 0.1) is 12.7 Å². The Bertz CT molecular complexity index is 944. The summed E-state index contributed by atoms with van der Waals surface area (Å²) in [6, 6.07) is 0. The molecule has 4 rings (SSSR count). The summed E-state index contributed by atoms with van der Waals surface area (Å²) in [6.45, 7) is 8.49. The maximum Gasteiger partial charge on any atom is 0.475 e. The highest BCUT2D eigenvalue weighted by molar-refractivity contribution is 7.48. The molecule has 0 aliphatic heterocycles. The van der Waals surface area contributed by atoms with Crippen molar-refractivity contribution >= 4 is 19.5 Å². The molecule has 0 aromatic rings. The third-order valence-corrected chi connectivity index (χ3v) is 10.8. The quantitative estimate of drug-likeness (QED) is 0.291. The van der Waals surface area contributed by atoms with Crippen LogP contribution in [0.1, 0.15) is 72.6 Å². The first-order valence-corrected chi connectivity index (χ1v) is 14.2. The van der Waals surface area contributed by atoms with Gasteiger partial charge in [-0.25, -0.2) is 4.57 Å². The van der Waals surface area contributed by atoms with E-state index in [1.54, 1.807) is 0 Å². The topological polar surface area (TPSA) is 90.9 Å². The monoisotopic (exact) mass is 493 g/mol. The van der Waals surface area contributed by atoms with Gasteiger partial charge in [0.25, 0.3) is 0 Å². The summed E-state index contributed by atoms with van der Waals surface area (Å²) in [7, 11) is -2.42. The molecule has 0 aromatic heterocycles. The van der Waals surface area contributed by atoms with E-state index in [1.165, 1.54) is 25.2 Å². The highest BCUT2D eigenvalue weighted by Crippen LogP contribution is 2.68. The predicted molar refractivity (Wildman–Crippen MR) is 130 cm³/mol. The van der Waals surface area contributed by atoms with Gasteiger partial charge in [0, 0.05) is 27.0 Å². The molecular weight excluding hydrogens is 453 g/mol. The minimum atomic E-state index is -3.76. The summed E-state index contributed by atoms with van der Waals surface area (Å²) in [5.74, 6) is 1.67. The number of hydrogen-bond acceptors (Lipinski definition) is 6. The average molecular weight is 494 g/mol. The molecule has 0 aromatic carbocycles. The number of amides is 1. The molecule has 34 heavy (non-hydrogen) atoms. The number of carbonyl (C=O) groups excluding carboxylic acids is 2. The Morgan fingerprint density at radius 3 is 2.65 bits per heavy atom. The third-order valence-electron chi connectivity index (χ3n) is 9.34. The van der Waals surface area contributed by atoms with Crippen LogP contribution in [-0.2, 0) is 27.7 Å². The van der Waals surface area contributed by atoms with Crippen LogP contribution in [0.3, 0.4) is 0 Å². The van der Waals surface area contributed by atoms with E-state index in [0.717, 1.165) is 38.5 Å². The number of nitrogens with one attached hydrogen (secondary N) is 1. The van der Waals surface area contributed by atoms with E-state index in [1.807, 2.05) is 13.0 Å². The van der Waals surface area contributed by atoms with Crippen molar-refractivity contribution in [3.05, 3.63) is 23.3 Å². The van der Waals surface area contributed by atoms with Crippen LogP contribution >= 0.6 is 7.82 Å². The van der Waals surface area contributed by atoms with Crippen molar-refractivity contribution in [1.29, 1.82) is 0 Å². The smallest absolute Gasteiger partial charge is 0.354 e. The highest BCUT2D eigenvalue weighted by Gasteiger charge is 2.60. The molecule has 0 bridgehead atoms. The molecule has 4 aliphatic rings. The van der Waals surface area contributed by atoms with Gasteiger partial charge in [0.15, 0.2) is 5.78 Å². The summed E-state index contributed by atoms with van der Waals surface area (Å²) in [5, 5.41) is 2.63. The summed E-state index contributed by atoms with van der Waals surface area (Å²) in [4.78, 5) is 23.2. The van der Waals surface area contributed by atoms with Crippen molar-refractivity contribution in [1.82, 2.24) is 5.32 Å². The Morgan fingerprint density at radius 1 is 1.21 bits per heavy atom. The Kier molecular flexibility index (Phi) is 7.32. The molecule has 1 N–H and O–H groups in total. The molecule has 190 valence electrons. The number of allylic oxidation sites excluding steroid dienone is 2. The molecule has 3 fully saturated rings. The van der Waals surface area contributed by atoms with E-state index in [4.69, 9.17) is 13.6 Å². The number of carbonyl (C=O) groups is 2. The standard InChI is InChI=1S/C26H40NO6P/c1-6-21-24(33-34(30,31-5)32-14-13-27-17(2)28)16-23-20-8-7-18-15-19(29)9-11-25(18,3)22(20)10-12-26(21,23)4/h6,15,20,22-24H,7-14,16H2,1-5H3,(H,27,28). The van der Waals surface area contributed by atoms with Gasteiger partial charge in [-0.3, -0.25) is 23.2 Å². The second-order valence-electron chi connectivity index (χ2n) is 10.9. The van der Waals surface area contributed by atoms with Crippen LogP contribution in [-0.4, -0.2) is 38.1 Å². The van der Waals surface area contributed by atoms with Gasteiger partial charge in [-0.1, -0.05) is 25.5 Å². The van der Waals surface area contributed by atoms with Gasteiger partial charge < -0.3 is 5.32 Å². The van der Waals surface area contributed by atoms with E-state index in [0.29, 0.717) is 24.2 Å². The SMILES string of the molecule is CC=C1C(OP(=O)(OC)OCCNC(C)=O)CC2C3CCC4=CC(=O)CCC4(C)C3CCC12C. The van der Waals surface area contributed by atoms with Crippen molar-refractivity contribution in [2.75, 3.05) is 20.3 Å². The van der Waals surface area contributed by atoms with E-state index in [-0.39, 0.29) is 41.8 Å². The van der Waals surface area contributed by atoms with Crippen molar-refractivity contribution in [2.24, 2.45) is 28.6 Å². The van der Waals surface area contributed by atoms with Gasteiger partial charge in [0.2, 0.25) is 5.91 Å². The van der Waals surface area contributed by atoms with Crippen molar-refractivity contribution in [2.45, 2.75) is 78.7 Å². The second-order valence-corrected chi connectivity index (χ2v) is 12.7. The fourth-order valence-electron chi connectivity index (χ4n) is 7.68. The Morgan fingerprint density at radius 2 is 1.97 bits per heavy atom. The first-order chi connectivity index (χ1) is 16.1. The van der Waals surface area contributed by atoms with Crippen LogP contribution < -0.4 is 5.32 Å². The minimum absolute atomic E-state index is 0.00258. The summed E-state index contributed by atoms with van der Waals surface area (Å²) in [6.07, 6.45) is 10.5. The van der Waals surface area contributed by atoms with E-state index < -0.39 is 7.82 Å². The van der Waals surface area contributed by atoms with Crippen LogP contribution in [0.25, 0.3) is 0 Å². The van der Waals surface area contributed by atoms with E-state index >= 15 is 0 Å². The second kappa shape index (κ2) is 9.65. The fourth-order valence-corrected chi connectivity index (χ4v) is 8.76. The predicted octanol–water partition coefficient (Wildman–Crippen LogP) is 5.37. The lowest BCUT2D eigenvalue weighted by Gasteiger charge is -2.57. The minimum Gasteiger partial charge on any atom is -0.354 e. The Balaban J connectivity index is 1.53. The zero-order chi connectivity index (χ0) is 24.7. The van der Waals surface area contributed by atoms with Crippen LogP contribution in [0, 0.1) is 28.6 Å². The molecule has 0 spiro atoms. The van der Waals surface area contributed by atoms with Crippen LogP contribution in [0.4, 0.5) is 0 Å². The zero-order valence-corrected chi connectivity index (χ0v) is 22.1. The average Bonchev–Trinajstić information content (AvgIpc) is 3.07. The lowest BCUT2D eigenvalue weighted by Crippen LogP contribution is -2.49. The Labute approximate surface area is 203 Å². The van der Waals surface area contributed by atoms with E-state index in [9.17, 15) is 14.2 Å². The third kappa shape index (κ3) is 4.50. The molecule has 7 nitrogen and oxygen atoms in total. The molecule has 0 heterocycles. The number of hydrogen-bond donors (Lipinski definition) is 1. The van der Waals surface area contributed by atoms with Crippen molar-refractivity contribution in [3.8, 4) is 0 Å². The summed E-state index contributed by atoms with van der Waals surface area (Å²) in [5.41, 5.74) is 2.67. The first-order valence-electron chi connectivity index (χ1n) is 12.7. The summed E-state index contributed by atoms with van der Waals surface area (Å²) < 4.78 is 30.1. The van der Waals surface area contributed by atoms with Gasteiger partial charge in [-0.2, -0.15) is 0 Å². The molecule has 3 saturated carbocycles. The lowest BCUT2D eigenvalue weighted by atomic mass is 9.47. The maximum absolute atomic E-state index is 13.3. The summed E-state index contributed by atoms with van der Waals surface area (Å²) >= 11 is 0. The highest BCUT2D eigenvalue weighted by atomic mass is 31.2. The lowest BCUT2D eigenvalue weighted by molar-refractivity contribution is -0.119.